The summed E-state index contributed by atoms with van der Waals surface area (Å²) in [6.45, 7) is 2.15. The molecule has 0 aromatic carbocycles. The number of imide groups is 1. The van der Waals surface area contributed by atoms with Crippen LogP contribution in [-0.4, -0.2) is 41.5 Å². The van der Waals surface area contributed by atoms with Crippen molar-refractivity contribution in [2.45, 2.75) is 38.6 Å². The van der Waals surface area contributed by atoms with Gasteiger partial charge in [-0.05, 0) is 18.8 Å². The predicted molar refractivity (Wildman–Crippen MR) is 68.7 cm³/mol. The molecular formula is C12H19N3O5. The van der Waals surface area contributed by atoms with Crippen molar-refractivity contribution in [3.05, 3.63) is 0 Å². The van der Waals surface area contributed by atoms with E-state index < -0.39 is 23.9 Å². The van der Waals surface area contributed by atoms with Gasteiger partial charge in [0.25, 0.3) is 0 Å². The van der Waals surface area contributed by atoms with Crippen LogP contribution >= 0.6 is 0 Å². The van der Waals surface area contributed by atoms with Gasteiger partial charge in [-0.15, -0.1) is 0 Å². The molecule has 0 aromatic heterocycles. The normalized spacial score (nSPS) is 19.9. The van der Waals surface area contributed by atoms with Crippen LogP contribution < -0.4 is 16.0 Å². The number of aliphatic carboxylic acids is 1. The van der Waals surface area contributed by atoms with Gasteiger partial charge < -0.3 is 15.7 Å². The van der Waals surface area contributed by atoms with E-state index in [1.165, 1.54) is 0 Å². The van der Waals surface area contributed by atoms with Crippen molar-refractivity contribution in [2.24, 2.45) is 5.92 Å². The number of carbonyl (C=O) groups is 4. The van der Waals surface area contributed by atoms with Crippen LogP contribution in [0.4, 0.5) is 4.79 Å². The number of rotatable bonds is 6. The predicted octanol–water partition coefficient (Wildman–Crippen LogP) is -0.408. The first-order chi connectivity index (χ1) is 9.38. The number of carboxylic acids is 1. The number of nitrogens with one attached hydrogen (secondary N) is 3. The van der Waals surface area contributed by atoms with E-state index in [1.54, 1.807) is 0 Å². The average Bonchev–Trinajstić information content (AvgIpc) is 2.37. The lowest BCUT2D eigenvalue weighted by atomic mass is 10.1. The Morgan fingerprint density at radius 2 is 2.15 bits per heavy atom. The summed E-state index contributed by atoms with van der Waals surface area (Å²) in [6, 6.07) is -1.20. The summed E-state index contributed by atoms with van der Waals surface area (Å²) in [5.41, 5.74) is 0. The Hall–Kier alpha value is -2.12. The van der Waals surface area contributed by atoms with Gasteiger partial charge in [0.15, 0.2) is 0 Å². The Morgan fingerprint density at radius 1 is 1.45 bits per heavy atom. The monoisotopic (exact) mass is 285 g/mol. The Labute approximate surface area is 116 Å². The second-order valence-corrected chi connectivity index (χ2v) is 4.90. The molecule has 8 nitrogen and oxygen atoms in total. The molecule has 20 heavy (non-hydrogen) atoms. The first kappa shape index (κ1) is 15.9. The van der Waals surface area contributed by atoms with Crippen molar-refractivity contribution in [1.29, 1.82) is 0 Å². The van der Waals surface area contributed by atoms with Crippen molar-refractivity contribution < 1.29 is 24.3 Å². The van der Waals surface area contributed by atoms with E-state index in [9.17, 15) is 19.2 Å². The van der Waals surface area contributed by atoms with E-state index in [0.29, 0.717) is 13.0 Å². The van der Waals surface area contributed by atoms with Crippen molar-refractivity contribution in [2.75, 3.05) is 6.54 Å². The van der Waals surface area contributed by atoms with Crippen molar-refractivity contribution in [1.82, 2.24) is 16.0 Å². The van der Waals surface area contributed by atoms with Gasteiger partial charge in [0, 0.05) is 19.4 Å². The Balaban J connectivity index is 2.24. The van der Waals surface area contributed by atoms with Crippen LogP contribution in [0.15, 0.2) is 0 Å². The molecule has 0 bridgehead atoms. The third-order valence-electron chi connectivity index (χ3n) is 3.01. The number of amides is 4. The summed E-state index contributed by atoms with van der Waals surface area (Å²) in [4.78, 5) is 44.3. The molecule has 1 rings (SSSR count). The Kier molecular flexibility index (Phi) is 5.95. The van der Waals surface area contributed by atoms with Gasteiger partial charge in [0.1, 0.15) is 6.04 Å². The molecule has 8 heteroatoms. The molecule has 1 aliphatic heterocycles. The molecule has 1 fully saturated rings. The highest BCUT2D eigenvalue weighted by atomic mass is 16.4. The third kappa shape index (κ3) is 5.68. The zero-order valence-corrected chi connectivity index (χ0v) is 11.3. The van der Waals surface area contributed by atoms with Gasteiger partial charge in [-0.3, -0.25) is 19.7 Å². The minimum atomic E-state index is -0.871. The highest BCUT2D eigenvalue weighted by Crippen LogP contribution is 2.05. The average molecular weight is 285 g/mol. The van der Waals surface area contributed by atoms with Crippen LogP contribution in [-0.2, 0) is 14.4 Å². The highest BCUT2D eigenvalue weighted by Gasteiger charge is 2.27. The number of hydrogen-bond acceptors (Lipinski definition) is 4. The fourth-order valence-corrected chi connectivity index (χ4v) is 1.78. The number of urea groups is 1. The second-order valence-electron chi connectivity index (χ2n) is 4.90. The molecule has 0 aromatic rings. The number of piperidine rings is 1. The Bertz CT molecular complexity index is 410. The van der Waals surface area contributed by atoms with E-state index in [1.807, 2.05) is 6.92 Å². The molecular weight excluding hydrogens is 266 g/mol. The zero-order chi connectivity index (χ0) is 15.1. The summed E-state index contributed by atoms with van der Waals surface area (Å²) < 4.78 is 0. The van der Waals surface area contributed by atoms with E-state index in [0.717, 1.165) is 0 Å². The van der Waals surface area contributed by atoms with Crippen molar-refractivity contribution in [3.8, 4) is 0 Å². The van der Waals surface area contributed by atoms with Gasteiger partial charge in [-0.2, -0.15) is 0 Å². The lowest BCUT2D eigenvalue weighted by molar-refractivity contribution is -0.137. The van der Waals surface area contributed by atoms with Crippen molar-refractivity contribution >= 4 is 23.8 Å². The lowest BCUT2D eigenvalue weighted by Crippen LogP contribution is -2.54. The molecule has 1 aliphatic rings. The van der Waals surface area contributed by atoms with Crippen LogP contribution in [0, 0.1) is 5.92 Å². The van der Waals surface area contributed by atoms with E-state index in [2.05, 4.69) is 16.0 Å². The maximum Gasteiger partial charge on any atom is 0.315 e. The van der Waals surface area contributed by atoms with Gasteiger partial charge in [-0.25, -0.2) is 4.79 Å². The molecule has 112 valence electrons. The van der Waals surface area contributed by atoms with Crippen LogP contribution in [0.2, 0.25) is 0 Å². The summed E-state index contributed by atoms with van der Waals surface area (Å²) in [7, 11) is 0. The number of carboxylic acid groups (broad SMARTS) is 1. The largest absolute Gasteiger partial charge is 0.481 e. The topological polar surface area (TPSA) is 125 Å². The summed E-state index contributed by atoms with van der Waals surface area (Å²) >= 11 is 0. The minimum Gasteiger partial charge on any atom is -0.481 e. The van der Waals surface area contributed by atoms with E-state index >= 15 is 0 Å². The molecule has 0 aliphatic carbocycles. The molecule has 1 saturated heterocycles. The van der Waals surface area contributed by atoms with Crippen LogP contribution in [0.1, 0.15) is 32.6 Å². The quantitative estimate of drug-likeness (QED) is 0.494. The Morgan fingerprint density at radius 3 is 2.75 bits per heavy atom. The molecule has 2 atom stereocenters. The fourth-order valence-electron chi connectivity index (χ4n) is 1.78. The van der Waals surface area contributed by atoms with Crippen LogP contribution in [0.5, 0.6) is 0 Å². The summed E-state index contributed by atoms with van der Waals surface area (Å²) in [5, 5.41) is 15.7. The summed E-state index contributed by atoms with van der Waals surface area (Å²) in [5.74, 6) is -1.69. The van der Waals surface area contributed by atoms with Gasteiger partial charge in [0.2, 0.25) is 11.8 Å². The molecule has 4 N–H and O–H groups in total. The van der Waals surface area contributed by atoms with Gasteiger partial charge >= 0.3 is 12.0 Å². The van der Waals surface area contributed by atoms with Gasteiger partial charge in [-0.1, -0.05) is 6.92 Å². The summed E-state index contributed by atoms with van der Waals surface area (Å²) in [6.07, 6.45) is 1.00. The van der Waals surface area contributed by atoms with Crippen LogP contribution in [0.3, 0.4) is 0 Å². The van der Waals surface area contributed by atoms with Crippen LogP contribution in [0.25, 0.3) is 0 Å². The number of carbonyl (C=O) groups excluding carboxylic acids is 3. The minimum absolute atomic E-state index is 0.0265. The van der Waals surface area contributed by atoms with Gasteiger partial charge in [0.05, 0.1) is 0 Å². The maximum absolute atomic E-state index is 11.6. The molecule has 2 unspecified atom stereocenters. The fraction of sp³-hybridized carbons (Fsp3) is 0.667. The number of hydrogen-bond donors (Lipinski definition) is 4. The molecule has 0 saturated carbocycles. The van der Waals surface area contributed by atoms with E-state index in [4.69, 9.17) is 5.11 Å². The lowest BCUT2D eigenvalue weighted by Gasteiger charge is -2.22. The molecule has 4 amide bonds. The van der Waals surface area contributed by atoms with Crippen molar-refractivity contribution in [3.63, 3.8) is 0 Å². The highest BCUT2D eigenvalue weighted by molar-refractivity contribution is 6.01. The standard InChI is InChI=1S/C12H19N3O5/c1-7(2-5-10(17)18)6-13-12(20)14-8-3-4-9(16)15-11(8)19/h7-8H,2-6H2,1H3,(H,17,18)(H2,13,14,20)(H,15,16,19). The first-order valence-electron chi connectivity index (χ1n) is 6.48. The first-order valence-corrected chi connectivity index (χ1v) is 6.48. The zero-order valence-electron chi connectivity index (χ0n) is 11.3. The third-order valence-corrected chi connectivity index (χ3v) is 3.01. The molecule has 1 heterocycles. The maximum atomic E-state index is 11.6. The molecule has 0 spiro atoms. The van der Waals surface area contributed by atoms with E-state index in [-0.39, 0.29) is 31.1 Å². The molecule has 0 radical (unpaired) electrons. The smallest absolute Gasteiger partial charge is 0.315 e. The second kappa shape index (κ2) is 7.46. The SMILES string of the molecule is CC(CCC(=O)O)CNC(=O)NC1CCC(=O)NC1=O.